The Kier molecular flexibility index (Phi) is 3.17. The zero-order valence-corrected chi connectivity index (χ0v) is 10.4. The molecule has 18 heavy (non-hydrogen) atoms. The molecule has 0 atom stereocenters. The number of carboxylic acids is 1. The molecule has 0 amide bonds. The van der Waals surface area contributed by atoms with E-state index < -0.39 is 11.6 Å². The molecule has 0 radical (unpaired) electrons. The van der Waals surface area contributed by atoms with E-state index in [4.69, 9.17) is 10.8 Å². The van der Waals surface area contributed by atoms with Crippen LogP contribution in [0.3, 0.4) is 0 Å². The van der Waals surface area contributed by atoms with Gasteiger partial charge in [-0.25, -0.2) is 4.79 Å². The normalized spacial score (nSPS) is 18.7. The van der Waals surface area contributed by atoms with E-state index >= 15 is 0 Å². The number of hydrogen-bond acceptors (Lipinski definition) is 4. The Hall–Kier alpha value is -1.75. The molecule has 1 aromatic carbocycles. The first-order valence-electron chi connectivity index (χ1n) is 5.99. The molecule has 0 bridgehead atoms. The van der Waals surface area contributed by atoms with Crippen LogP contribution in [0, 0.1) is 0 Å². The third kappa shape index (κ3) is 2.56. The van der Waals surface area contributed by atoms with E-state index in [-0.39, 0.29) is 5.56 Å². The number of aromatic carboxylic acids is 1. The molecule has 0 aromatic heterocycles. The predicted molar refractivity (Wildman–Crippen MR) is 69.9 cm³/mol. The van der Waals surface area contributed by atoms with Gasteiger partial charge < -0.3 is 20.8 Å². The van der Waals surface area contributed by atoms with Gasteiger partial charge in [-0.3, -0.25) is 0 Å². The lowest BCUT2D eigenvalue weighted by molar-refractivity contribution is 0.0351. The van der Waals surface area contributed by atoms with Crippen molar-refractivity contribution < 1.29 is 15.0 Å². The first-order chi connectivity index (χ1) is 8.39. The average Bonchev–Trinajstić information content (AvgIpc) is 2.30. The van der Waals surface area contributed by atoms with Crippen LogP contribution >= 0.6 is 0 Å². The second-order valence-corrected chi connectivity index (χ2v) is 5.06. The van der Waals surface area contributed by atoms with Crippen molar-refractivity contribution in [2.45, 2.75) is 25.4 Å². The van der Waals surface area contributed by atoms with Gasteiger partial charge >= 0.3 is 5.97 Å². The van der Waals surface area contributed by atoms with E-state index in [1.807, 2.05) is 11.8 Å². The number of rotatable bonds is 2. The maximum absolute atomic E-state index is 11.0. The van der Waals surface area contributed by atoms with Gasteiger partial charge in [0.15, 0.2) is 0 Å². The molecule has 0 spiro atoms. The minimum Gasteiger partial charge on any atom is -0.478 e. The van der Waals surface area contributed by atoms with Crippen molar-refractivity contribution in [3.8, 4) is 0 Å². The third-order valence-electron chi connectivity index (χ3n) is 3.46. The number of nitrogens with zero attached hydrogens (tertiary/aromatic N) is 1. The Labute approximate surface area is 106 Å². The summed E-state index contributed by atoms with van der Waals surface area (Å²) < 4.78 is 0. The van der Waals surface area contributed by atoms with E-state index in [1.54, 1.807) is 12.1 Å². The number of aliphatic hydroxyl groups is 1. The summed E-state index contributed by atoms with van der Waals surface area (Å²) in [6.07, 6.45) is 1.31. The zero-order valence-electron chi connectivity index (χ0n) is 10.4. The number of anilines is 2. The highest BCUT2D eigenvalue weighted by Crippen LogP contribution is 2.30. The fraction of sp³-hybridized carbons (Fsp3) is 0.462. The number of hydrogen-bond donors (Lipinski definition) is 3. The summed E-state index contributed by atoms with van der Waals surface area (Å²) in [5, 5.41) is 18.9. The number of benzene rings is 1. The number of nitrogen functional groups attached to an aromatic ring is 1. The maximum atomic E-state index is 11.0. The van der Waals surface area contributed by atoms with Crippen molar-refractivity contribution in [3.63, 3.8) is 0 Å². The van der Waals surface area contributed by atoms with Crippen LogP contribution in [-0.2, 0) is 0 Å². The van der Waals surface area contributed by atoms with Crippen LogP contribution in [0.15, 0.2) is 18.2 Å². The molecule has 1 aliphatic rings. The lowest BCUT2D eigenvalue weighted by Gasteiger charge is -2.37. The van der Waals surface area contributed by atoms with Crippen molar-refractivity contribution in [3.05, 3.63) is 23.8 Å². The quantitative estimate of drug-likeness (QED) is 0.689. The van der Waals surface area contributed by atoms with Gasteiger partial charge in [0.25, 0.3) is 0 Å². The highest BCUT2D eigenvalue weighted by Gasteiger charge is 2.28. The van der Waals surface area contributed by atoms with Crippen molar-refractivity contribution >= 4 is 17.3 Å². The van der Waals surface area contributed by atoms with Gasteiger partial charge in [0.05, 0.1) is 22.5 Å². The molecule has 0 saturated carbocycles. The Morgan fingerprint density at radius 2 is 2.00 bits per heavy atom. The second kappa shape index (κ2) is 4.49. The molecule has 1 fully saturated rings. The summed E-state index contributed by atoms with van der Waals surface area (Å²) in [4.78, 5) is 13.0. The van der Waals surface area contributed by atoms with Crippen LogP contribution in [0.5, 0.6) is 0 Å². The van der Waals surface area contributed by atoms with Gasteiger partial charge in [-0.2, -0.15) is 0 Å². The van der Waals surface area contributed by atoms with Crippen molar-refractivity contribution in [2.75, 3.05) is 23.7 Å². The summed E-state index contributed by atoms with van der Waals surface area (Å²) in [6, 6.07) is 4.71. The van der Waals surface area contributed by atoms with Crippen LogP contribution in [0.25, 0.3) is 0 Å². The van der Waals surface area contributed by atoms with Gasteiger partial charge in [-0.05, 0) is 38.0 Å². The lowest BCUT2D eigenvalue weighted by atomic mass is 9.93. The Bertz CT molecular complexity index is 461. The molecule has 5 heteroatoms. The van der Waals surface area contributed by atoms with Crippen LogP contribution in [-0.4, -0.2) is 34.9 Å². The van der Waals surface area contributed by atoms with Gasteiger partial charge in [0.1, 0.15) is 0 Å². The van der Waals surface area contributed by atoms with Crippen molar-refractivity contribution in [2.24, 2.45) is 0 Å². The van der Waals surface area contributed by atoms with E-state index in [0.29, 0.717) is 31.6 Å². The van der Waals surface area contributed by atoms with Gasteiger partial charge in [-0.1, -0.05) is 0 Å². The van der Waals surface area contributed by atoms with Crippen molar-refractivity contribution in [1.29, 1.82) is 0 Å². The maximum Gasteiger partial charge on any atom is 0.335 e. The molecule has 4 N–H and O–H groups in total. The van der Waals surface area contributed by atoms with Crippen LogP contribution in [0.2, 0.25) is 0 Å². The predicted octanol–water partition coefficient (Wildman–Crippen LogP) is 1.32. The molecule has 1 aliphatic heterocycles. The van der Waals surface area contributed by atoms with Crippen LogP contribution in [0.4, 0.5) is 11.4 Å². The average molecular weight is 250 g/mol. The SMILES string of the molecule is CC1(O)CCN(c2cc(C(=O)O)ccc2N)CC1. The van der Waals surface area contributed by atoms with E-state index in [0.717, 1.165) is 5.69 Å². The van der Waals surface area contributed by atoms with Crippen LogP contribution < -0.4 is 10.6 Å². The monoisotopic (exact) mass is 250 g/mol. The minimum atomic E-state index is -0.958. The lowest BCUT2D eigenvalue weighted by Crippen LogP contribution is -2.42. The summed E-state index contributed by atoms with van der Waals surface area (Å²) in [6.45, 7) is 3.18. The summed E-state index contributed by atoms with van der Waals surface area (Å²) in [5.41, 5.74) is 6.81. The molecular weight excluding hydrogens is 232 g/mol. The summed E-state index contributed by atoms with van der Waals surface area (Å²) in [7, 11) is 0. The Balaban J connectivity index is 2.23. The fourth-order valence-corrected chi connectivity index (χ4v) is 2.18. The third-order valence-corrected chi connectivity index (χ3v) is 3.46. The first-order valence-corrected chi connectivity index (χ1v) is 5.99. The molecule has 1 aromatic rings. The fourth-order valence-electron chi connectivity index (χ4n) is 2.18. The molecule has 1 saturated heterocycles. The van der Waals surface area contributed by atoms with E-state index in [2.05, 4.69) is 0 Å². The van der Waals surface area contributed by atoms with Gasteiger partial charge in [0, 0.05) is 13.1 Å². The van der Waals surface area contributed by atoms with Crippen molar-refractivity contribution in [1.82, 2.24) is 0 Å². The molecule has 2 rings (SSSR count). The molecule has 5 nitrogen and oxygen atoms in total. The molecule has 1 heterocycles. The van der Waals surface area contributed by atoms with E-state index in [1.165, 1.54) is 6.07 Å². The summed E-state index contributed by atoms with van der Waals surface area (Å²) in [5.74, 6) is -0.958. The first kappa shape index (κ1) is 12.7. The highest BCUT2D eigenvalue weighted by atomic mass is 16.4. The van der Waals surface area contributed by atoms with Crippen LogP contribution in [0.1, 0.15) is 30.1 Å². The minimum absolute atomic E-state index is 0.233. The number of carboxylic acid groups (broad SMARTS) is 1. The topological polar surface area (TPSA) is 86.8 Å². The number of carbonyl (C=O) groups is 1. The zero-order chi connectivity index (χ0) is 13.3. The largest absolute Gasteiger partial charge is 0.478 e. The molecule has 0 unspecified atom stereocenters. The highest BCUT2D eigenvalue weighted by molar-refractivity contribution is 5.90. The van der Waals surface area contributed by atoms with E-state index in [9.17, 15) is 9.90 Å². The van der Waals surface area contributed by atoms with Gasteiger partial charge in [0.2, 0.25) is 0 Å². The summed E-state index contributed by atoms with van der Waals surface area (Å²) >= 11 is 0. The second-order valence-electron chi connectivity index (χ2n) is 5.06. The standard InChI is InChI=1S/C13H18N2O3/c1-13(18)4-6-15(7-5-13)11-8-9(12(16)17)2-3-10(11)14/h2-3,8,18H,4-7,14H2,1H3,(H,16,17). The Morgan fingerprint density at radius 1 is 1.39 bits per heavy atom. The number of nitrogens with two attached hydrogens (primary N) is 1. The Morgan fingerprint density at radius 3 is 2.56 bits per heavy atom. The molecule has 0 aliphatic carbocycles. The van der Waals surface area contributed by atoms with Gasteiger partial charge in [-0.15, -0.1) is 0 Å². The molecule has 98 valence electrons. The smallest absolute Gasteiger partial charge is 0.335 e. The molecular formula is C13H18N2O3. The number of piperidine rings is 1.